The van der Waals surface area contributed by atoms with Crippen molar-refractivity contribution < 1.29 is 14.1 Å². The molecule has 0 fully saturated rings. The Hall–Kier alpha value is -2.14. The van der Waals surface area contributed by atoms with Gasteiger partial charge in [0, 0.05) is 11.9 Å². The fourth-order valence-corrected chi connectivity index (χ4v) is 1.82. The van der Waals surface area contributed by atoms with Crippen LogP contribution in [0.1, 0.15) is 11.1 Å². The van der Waals surface area contributed by atoms with Crippen LogP contribution in [0.3, 0.4) is 0 Å². The fourth-order valence-electron chi connectivity index (χ4n) is 1.65. The first-order chi connectivity index (χ1) is 9.60. The van der Waals surface area contributed by atoms with Crippen LogP contribution in [-0.4, -0.2) is 4.92 Å². The van der Waals surface area contributed by atoms with Crippen molar-refractivity contribution >= 4 is 17.3 Å². The van der Waals surface area contributed by atoms with Gasteiger partial charge in [0.05, 0.1) is 4.92 Å². The third-order valence-corrected chi connectivity index (χ3v) is 2.99. The Balaban J connectivity index is 2.16. The van der Waals surface area contributed by atoms with E-state index in [1.807, 2.05) is 0 Å². The molecule has 0 heterocycles. The molecular formula is C14H11ClFNO3. The molecule has 4 nitrogen and oxygen atoms in total. The Kier molecular flexibility index (Phi) is 4.53. The van der Waals surface area contributed by atoms with Gasteiger partial charge in [0.15, 0.2) is 5.75 Å². The van der Waals surface area contributed by atoms with Crippen molar-refractivity contribution in [2.24, 2.45) is 0 Å². The highest BCUT2D eigenvalue weighted by Crippen LogP contribution is 2.29. The molecule has 0 aliphatic carbocycles. The van der Waals surface area contributed by atoms with Gasteiger partial charge in [0.25, 0.3) is 0 Å². The zero-order valence-electron chi connectivity index (χ0n) is 10.4. The van der Waals surface area contributed by atoms with E-state index in [1.165, 1.54) is 24.3 Å². The number of halogens is 2. The van der Waals surface area contributed by atoms with Crippen LogP contribution in [0.5, 0.6) is 5.75 Å². The summed E-state index contributed by atoms with van der Waals surface area (Å²) in [5, 5.41) is 11.0. The molecule has 104 valence electrons. The van der Waals surface area contributed by atoms with Crippen LogP contribution in [0, 0.1) is 15.9 Å². The summed E-state index contributed by atoms with van der Waals surface area (Å²) in [5.74, 6) is 0.0124. The largest absolute Gasteiger partial charge is 0.482 e. The quantitative estimate of drug-likeness (QED) is 0.475. The molecule has 0 N–H and O–H groups in total. The molecule has 0 aliphatic heterocycles. The molecule has 20 heavy (non-hydrogen) atoms. The monoisotopic (exact) mass is 295 g/mol. The van der Waals surface area contributed by atoms with Crippen LogP contribution >= 0.6 is 11.6 Å². The minimum absolute atomic E-state index is 0.126. The lowest BCUT2D eigenvalue weighted by Gasteiger charge is -2.07. The average Bonchev–Trinajstić information content (AvgIpc) is 2.46. The number of nitrogens with zero attached hydrogens (tertiary/aromatic N) is 1. The number of benzene rings is 2. The van der Waals surface area contributed by atoms with Gasteiger partial charge in [0.2, 0.25) is 0 Å². The van der Waals surface area contributed by atoms with Crippen LogP contribution in [0.2, 0.25) is 0 Å². The summed E-state index contributed by atoms with van der Waals surface area (Å²) >= 11 is 5.64. The maximum atomic E-state index is 12.8. The third-order valence-electron chi connectivity index (χ3n) is 2.68. The predicted molar refractivity (Wildman–Crippen MR) is 73.4 cm³/mol. The summed E-state index contributed by atoms with van der Waals surface area (Å²) in [6.07, 6.45) is 0. The molecule has 2 aromatic rings. The summed E-state index contributed by atoms with van der Waals surface area (Å²) < 4.78 is 18.2. The molecule has 0 spiro atoms. The van der Waals surface area contributed by atoms with Crippen molar-refractivity contribution in [3.63, 3.8) is 0 Å². The van der Waals surface area contributed by atoms with E-state index in [1.54, 1.807) is 18.2 Å². The van der Waals surface area contributed by atoms with E-state index >= 15 is 0 Å². The summed E-state index contributed by atoms with van der Waals surface area (Å²) in [7, 11) is 0. The lowest BCUT2D eigenvalue weighted by Crippen LogP contribution is -2.00. The van der Waals surface area contributed by atoms with Crippen molar-refractivity contribution in [3.05, 3.63) is 69.5 Å². The highest BCUT2D eigenvalue weighted by Gasteiger charge is 2.15. The lowest BCUT2D eigenvalue weighted by molar-refractivity contribution is -0.386. The van der Waals surface area contributed by atoms with Gasteiger partial charge in [0.1, 0.15) is 12.4 Å². The smallest absolute Gasteiger partial charge is 0.311 e. The molecular weight excluding hydrogens is 285 g/mol. The van der Waals surface area contributed by atoms with Gasteiger partial charge in [-0.3, -0.25) is 10.1 Å². The minimum Gasteiger partial charge on any atom is -0.482 e. The Morgan fingerprint density at radius 2 is 1.80 bits per heavy atom. The number of alkyl halides is 1. The molecule has 0 atom stereocenters. The summed E-state index contributed by atoms with van der Waals surface area (Å²) in [6, 6.07) is 10.3. The van der Waals surface area contributed by atoms with Gasteiger partial charge in [-0.05, 0) is 29.3 Å². The number of nitro groups is 1. The molecule has 2 aromatic carbocycles. The van der Waals surface area contributed by atoms with E-state index in [0.29, 0.717) is 5.56 Å². The van der Waals surface area contributed by atoms with Crippen LogP contribution in [-0.2, 0) is 12.5 Å². The molecule has 0 unspecified atom stereocenters. The van der Waals surface area contributed by atoms with Crippen molar-refractivity contribution in [1.29, 1.82) is 0 Å². The lowest BCUT2D eigenvalue weighted by atomic mass is 10.2. The van der Waals surface area contributed by atoms with Gasteiger partial charge in [-0.25, -0.2) is 4.39 Å². The first kappa shape index (κ1) is 14.3. The molecule has 0 amide bonds. The summed E-state index contributed by atoms with van der Waals surface area (Å²) in [5.41, 5.74) is 1.24. The SMILES string of the molecule is O=[N+]([O-])c1cc(CCl)ccc1OCc1ccc(F)cc1. The Morgan fingerprint density at radius 3 is 2.40 bits per heavy atom. The first-order valence-corrected chi connectivity index (χ1v) is 6.34. The van der Waals surface area contributed by atoms with E-state index < -0.39 is 4.92 Å². The van der Waals surface area contributed by atoms with E-state index in [0.717, 1.165) is 5.56 Å². The Labute approximate surface area is 119 Å². The molecule has 0 aromatic heterocycles. The molecule has 0 bridgehead atoms. The van der Waals surface area contributed by atoms with Crippen molar-refractivity contribution in [2.75, 3.05) is 0 Å². The highest BCUT2D eigenvalue weighted by molar-refractivity contribution is 6.17. The van der Waals surface area contributed by atoms with Gasteiger partial charge in [-0.15, -0.1) is 11.6 Å². The van der Waals surface area contributed by atoms with Crippen LogP contribution < -0.4 is 4.74 Å². The van der Waals surface area contributed by atoms with Gasteiger partial charge >= 0.3 is 5.69 Å². The topological polar surface area (TPSA) is 52.4 Å². The predicted octanol–water partition coefficient (Wildman–Crippen LogP) is 4.05. The number of ether oxygens (including phenoxy) is 1. The van der Waals surface area contributed by atoms with Crippen molar-refractivity contribution in [3.8, 4) is 5.75 Å². The Morgan fingerprint density at radius 1 is 1.15 bits per heavy atom. The first-order valence-electron chi connectivity index (χ1n) is 5.80. The Bertz CT molecular complexity index is 616. The van der Waals surface area contributed by atoms with E-state index in [-0.39, 0.29) is 29.7 Å². The van der Waals surface area contributed by atoms with Crippen molar-refractivity contribution in [1.82, 2.24) is 0 Å². The molecule has 0 saturated carbocycles. The average molecular weight is 296 g/mol. The molecule has 0 radical (unpaired) electrons. The van der Waals surface area contributed by atoms with Crippen molar-refractivity contribution in [2.45, 2.75) is 12.5 Å². The second-order valence-corrected chi connectivity index (χ2v) is 4.38. The van der Waals surface area contributed by atoms with Crippen LogP contribution in [0.25, 0.3) is 0 Å². The van der Waals surface area contributed by atoms with E-state index in [4.69, 9.17) is 16.3 Å². The minimum atomic E-state index is -0.518. The van der Waals surface area contributed by atoms with E-state index in [9.17, 15) is 14.5 Å². The second kappa shape index (κ2) is 6.34. The normalized spacial score (nSPS) is 10.3. The zero-order chi connectivity index (χ0) is 14.5. The maximum Gasteiger partial charge on any atom is 0.311 e. The number of nitro benzene ring substituents is 1. The van der Waals surface area contributed by atoms with Gasteiger partial charge in [-0.1, -0.05) is 18.2 Å². The summed E-state index contributed by atoms with van der Waals surface area (Å²) in [4.78, 5) is 10.5. The van der Waals surface area contributed by atoms with Gasteiger partial charge in [-0.2, -0.15) is 0 Å². The third kappa shape index (κ3) is 3.45. The van der Waals surface area contributed by atoms with Crippen LogP contribution in [0.4, 0.5) is 10.1 Å². The summed E-state index contributed by atoms with van der Waals surface area (Å²) in [6.45, 7) is 0.126. The number of hydrogen-bond donors (Lipinski definition) is 0. The highest BCUT2D eigenvalue weighted by atomic mass is 35.5. The molecule has 2 rings (SSSR count). The second-order valence-electron chi connectivity index (χ2n) is 4.11. The van der Waals surface area contributed by atoms with Crippen LogP contribution in [0.15, 0.2) is 42.5 Å². The van der Waals surface area contributed by atoms with E-state index in [2.05, 4.69) is 0 Å². The maximum absolute atomic E-state index is 12.8. The number of rotatable bonds is 5. The molecule has 6 heteroatoms. The molecule has 0 saturated heterocycles. The van der Waals surface area contributed by atoms with Gasteiger partial charge < -0.3 is 4.74 Å². The standard InChI is InChI=1S/C14H11ClFNO3/c15-8-11-3-6-14(13(7-11)17(18)19)20-9-10-1-4-12(16)5-2-10/h1-7H,8-9H2. The number of hydrogen-bond acceptors (Lipinski definition) is 3. The fraction of sp³-hybridized carbons (Fsp3) is 0.143. The zero-order valence-corrected chi connectivity index (χ0v) is 11.1. The molecule has 0 aliphatic rings.